The summed E-state index contributed by atoms with van der Waals surface area (Å²) in [6.45, 7) is 1.80. The molecule has 0 bridgehead atoms. The van der Waals surface area contributed by atoms with Crippen LogP contribution in [0.3, 0.4) is 0 Å². The Morgan fingerprint density at radius 2 is 2.24 bits per heavy atom. The molecule has 1 saturated carbocycles. The maximum absolute atomic E-state index is 11.8. The molecule has 1 heterocycles. The van der Waals surface area contributed by atoms with Crippen molar-refractivity contribution < 1.29 is 9.59 Å². The minimum absolute atomic E-state index is 0.0704. The number of carbonyl (C=O) groups is 2. The van der Waals surface area contributed by atoms with Crippen LogP contribution in [0.15, 0.2) is 18.3 Å². The second-order valence-corrected chi connectivity index (χ2v) is 4.19. The summed E-state index contributed by atoms with van der Waals surface area (Å²) in [6, 6.07) is 3.72. The van der Waals surface area contributed by atoms with Crippen LogP contribution in [0.1, 0.15) is 35.8 Å². The number of pyridine rings is 1. The summed E-state index contributed by atoms with van der Waals surface area (Å²) in [6.07, 6.45) is 3.71. The molecule has 0 spiro atoms. The van der Waals surface area contributed by atoms with Gasteiger partial charge in [-0.1, -0.05) is 0 Å². The summed E-state index contributed by atoms with van der Waals surface area (Å²) < 4.78 is 0. The zero-order chi connectivity index (χ0) is 12.3. The van der Waals surface area contributed by atoms with E-state index in [0.29, 0.717) is 23.8 Å². The van der Waals surface area contributed by atoms with Crippen LogP contribution < -0.4 is 10.6 Å². The van der Waals surface area contributed by atoms with Gasteiger partial charge in [-0.2, -0.15) is 0 Å². The average molecular weight is 233 g/mol. The van der Waals surface area contributed by atoms with E-state index in [1.54, 1.807) is 18.3 Å². The molecule has 1 aromatic rings. The number of nitrogens with zero attached hydrogens (tertiary/aromatic N) is 1. The minimum Gasteiger partial charge on any atom is -0.351 e. The summed E-state index contributed by atoms with van der Waals surface area (Å²) in [7, 11) is 0. The van der Waals surface area contributed by atoms with E-state index < -0.39 is 0 Å². The number of amides is 2. The van der Waals surface area contributed by atoms with Crippen molar-refractivity contribution in [2.75, 3.05) is 0 Å². The highest BCUT2D eigenvalue weighted by Gasteiger charge is 2.23. The Morgan fingerprint density at radius 1 is 1.47 bits per heavy atom. The first-order valence-electron chi connectivity index (χ1n) is 5.65. The molecule has 0 aliphatic heterocycles. The minimum atomic E-state index is -0.111. The van der Waals surface area contributed by atoms with Gasteiger partial charge in [-0.25, -0.2) is 0 Å². The van der Waals surface area contributed by atoms with Crippen LogP contribution in [0.25, 0.3) is 0 Å². The summed E-state index contributed by atoms with van der Waals surface area (Å²) >= 11 is 0. The van der Waals surface area contributed by atoms with Crippen molar-refractivity contribution >= 4 is 11.8 Å². The SMILES string of the molecule is CC(=O)NCc1cc(C(=O)NC2CC2)ccn1. The summed E-state index contributed by atoms with van der Waals surface area (Å²) in [5, 5.41) is 5.56. The van der Waals surface area contributed by atoms with Crippen molar-refractivity contribution in [2.45, 2.75) is 32.4 Å². The van der Waals surface area contributed by atoms with Gasteiger partial charge in [0.2, 0.25) is 5.91 Å². The number of carbonyl (C=O) groups excluding carboxylic acids is 2. The molecule has 2 rings (SSSR count). The van der Waals surface area contributed by atoms with E-state index in [0.717, 1.165) is 12.8 Å². The molecule has 90 valence electrons. The first-order chi connectivity index (χ1) is 8.15. The van der Waals surface area contributed by atoms with Crippen LogP contribution in [0.2, 0.25) is 0 Å². The van der Waals surface area contributed by atoms with Gasteiger partial charge in [0.1, 0.15) is 0 Å². The van der Waals surface area contributed by atoms with Crippen LogP contribution >= 0.6 is 0 Å². The molecular weight excluding hydrogens is 218 g/mol. The molecule has 5 nitrogen and oxygen atoms in total. The number of hydrogen-bond donors (Lipinski definition) is 2. The van der Waals surface area contributed by atoms with Gasteiger partial charge in [-0.15, -0.1) is 0 Å². The summed E-state index contributed by atoms with van der Waals surface area (Å²) in [4.78, 5) is 26.6. The van der Waals surface area contributed by atoms with Gasteiger partial charge in [-0.3, -0.25) is 14.6 Å². The molecule has 0 aromatic carbocycles. The maximum Gasteiger partial charge on any atom is 0.251 e. The van der Waals surface area contributed by atoms with Crippen LogP contribution in [-0.2, 0) is 11.3 Å². The number of rotatable bonds is 4. The molecule has 17 heavy (non-hydrogen) atoms. The lowest BCUT2D eigenvalue weighted by molar-refractivity contribution is -0.119. The Balaban J connectivity index is 1.99. The molecule has 2 N–H and O–H groups in total. The van der Waals surface area contributed by atoms with Crippen molar-refractivity contribution in [2.24, 2.45) is 0 Å². The lowest BCUT2D eigenvalue weighted by Gasteiger charge is -2.05. The van der Waals surface area contributed by atoms with Gasteiger partial charge in [0.15, 0.2) is 0 Å². The van der Waals surface area contributed by atoms with Crippen LogP contribution in [0.5, 0.6) is 0 Å². The molecule has 1 fully saturated rings. The third kappa shape index (κ3) is 3.55. The molecule has 5 heteroatoms. The largest absolute Gasteiger partial charge is 0.351 e. The smallest absolute Gasteiger partial charge is 0.251 e. The first kappa shape index (κ1) is 11.6. The van der Waals surface area contributed by atoms with E-state index in [9.17, 15) is 9.59 Å². The van der Waals surface area contributed by atoms with E-state index in [-0.39, 0.29) is 11.8 Å². The zero-order valence-electron chi connectivity index (χ0n) is 9.69. The predicted molar refractivity (Wildman–Crippen MR) is 62.2 cm³/mol. The van der Waals surface area contributed by atoms with Gasteiger partial charge in [0.25, 0.3) is 5.91 Å². The second kappa shape index (κ2) is 4.95. The fraction of sp³-hybridized carbons (Fsp3) is 0.417. The van der Waals surface area contributed by atoms with Gasteiger partial charge < -0.3 is 10.6 Å². The first-order valence-corrected chi connectivity index (χ1v) is 5.65. The summed E-state index contributed by atoms with van der Waals surface area (Å²) in [5.41, 5.74) is 1.27. The normalized spacial score (nSPS) is 14.2. The Bertz CT molecular complexity index is 441. The number of aromatic nitrogens is 1. The molecular formula is C12H15N3O2. The van der Waals surface area contributed by atoms with Gasteiger partial charge >= 0.3 is 0 Å². The molecule has 0 atom stereocenters. The number of nitrogens with one attached hydrogen (secondary N) is 2. The van der Waals surface area contributed by atoms with Gasteiger partial charge in [-0.05, 0) is 25.0 Å². The number of hydrogen-bond acceptors (Lipinski definition) is 3. The van der Waals surface area contributed by atoms with E-state index in [4.69, 9.17) is 0 Å². The van der Waals surface area contributed by atoms with E-state index in [2.05, 4.69) is 15.6 Å². The summed E-state index contributed by atoms with van der Waals surface area (Å²) in [5.74, 6) is -0.182. The highest BCUT2D eigenvalue weighted by molar-refractivity contribution is 5.94. The topological polar surface area (TPSA) is 71.1 Å². The average Bonchev–Trinajstić information content (AvgIpc) is 3.10. The fourth-order valence-electron chi connectivity index (χ4n) is 1.43. The Labute approximate surface area is 99.6 Å². The van der Waals surface area contributed by atoms with Crippen molar-refractivity contribution in [3.05, 3.63) is 29.6 Å². The van der Waals surface area contributed by atoms with Crippen LogP contribution in [0, 0.1) is 0 Å². The third-order valence-electron chi connectivity index (χ3n) is 2.51. The van der Waals surface area contributed by atoms with E-state index in [1.807, 2.05) is 0 Å². The highest BCUT2D eigenvalue weighted by Crippen LogP contribution is 2.19. The lowest BCUT2D eigenvalue weighted by atomic mass is 10.2. The second-order valence-electron chi connectivity index (χ2n) is 4.19. The Hall–Kier alpha value is -1.91. The van der Waals surface area contributed by atoms with Crippen molar-refractivity contribution in [1.82, 2.24) is 15.6 Å². The maximum atomic E-state index is 11.8. The molecule has 1 aromatic heterocycles. The molecule has 1 aliphatic rings. The van der Waals surface area contributed by atoms with Crippen molar-refractivity contribution in [3.63, 3.8) is 0 Å². The van der Waals surface area contributed by atoms with Gasteiger partial charge in [0.05, 0.1) is 12.2 Å². The Kier molecular flexibility index (Phi) is 3.37. The van der Waals surface area contributed by atoms with Crippen molar-refractivity contribution in [1.29, 1.82) is 0 Å². The molecule has 0 radical (unpaired) electrons. The Morgan fingerprint density at radius 3 is 2.88 bits per heavy atom. The quantitative estimate of drug-likeness (QED) is 0.800. The van der Waals surface area contributed by atoms with Crippen LogP contribution in [-0.4, -0.2) is 22.8 Å². The highest BCUT2D eigenvalue weighted by atomic mass is 16.2. The lowest BCUT2D eigenvalue weighted by Crippen LogP contribution is -2.26. The van der Waals surface area contributed by atoms with E-state index >= 15 is 0 Å². The predicted octanol–water partition coefficient (Wildman–Crippen LogP) is 0.610. The molecule has 0 saturated heterocycles. The zero-order valence-corrected chi connectivity index (χ0v) is 9.69. The molecule has 1 aliphatic carbocycles. The van der Waals surface area contributed by atoms with Gasteiger partial charge in [0, 0.05) is 24.7 Å². The molecule has 2 amide bonds. The van der Waals surface area contributed by atoms with E-state index in [1.165, 1.54) is 6.92 Å². The van der Waals surface area contributed by atoms with Crippen LogP contribution in [0.4, 0.5) is 0 Å². The standard InChI is InChI=1S/C12H15N3O2/c1-8(16)14-7-11-6-9(4-5-13-11)12(17)15-10-2-3-10/h4-6,10H,2-3,7H2,1H3,(H,14,16)(H,15,17). The third-order valence-corrected chi connectivity index (χ3v) is 2.51. The monoisotopic (exact) mass is 233 g/mol. The van der Waals surface area contributed by atoms with Crippen molar-refractivity contribution in [3.8, 4) is 0 Å². The molecule has 0 unspecified atom stereocenters. The fourth-order valence-corrected chi connectivity index (χ4v) is 1.43.